The van der Waals surface area contributed by atoms with Gasteiger partial charge in [0.25, 0.3) is 5.91 Å². The van der Waals surface area contributed by atoms with Crippen LogP contribution in [0.5, 0.6) is 5.75 Å². The Hall–Kier alpha value is -4.58. The second kappa shape index (κ2) is 15.6. The van der Waals surface area contributed by atoms with Gasteiger partial charge in [0.05, 0.1) is 46.1 Å². The first kappa shape index (κ1) is 37.2. The first-order chi connectivity index (χ1) is 24.8. The number of carboxylic acid groups (broad SMARTS) is 1. The summed E-state index contributed by atoms with van der Waals surface area (Å²) in [6, 6.07) is 15.3. The number of hydrogen-bond donors (Lipinski definition) is 2. The lowest BCUT2D eigenvalue weighted by Crippen LogP contribution is -2.42. The summed E-state index contributed by atoms with van der Waals surface area (Å²) in [6.07, 6.45) is 5.28. The first-order valence-electron chi connectivity index (χ1n) is 17.4. The minimum Gasteiger partial charge on any atom is -0.490 e. The number of aromatic nitrogens is 2. The molecule has 0 unspecified atom stereocenters. The van der Waals surface area contributed by atoms with Gasteiger partial charge in [-0.15, -0.1) is 0 Å². The fraction of sp³-hybridized carbons (Fsp3) is 0.385. The molecule has 11 nitrogen and oxygen atoms in total. The van der Waals surface area contributed by atoms with Gasteiger partial charge in [0.1, 0.15) is 25.0 Å². The summed E-state index contributed by atoms with van der Waals surface area (Å²) < 4.78 is 13.9. The lowest BCUT2D eigenvalue weighted by molar-refractivity contribution is -0.870. The van der Waals surface area contributed by atoms with E-state index in [1.54, 1.807) is 40.0 Å². The van der Waals surface area contributed by atoms with Crippen molar-refractivity contribution in [2.75, 3.05) is 52.3 Å². The van der Waals surface area contributed by atoms with E-state index in [0.717, 1.165) is 40.9 Å². The zero-order valence-corrected chi connectivity index (χ0v) is 31.3. The smallest absolute Gasteiger partial charge is 0.414 e. The van der Waals surface area contributed by atoms with Crippen LogP contribution in [0.1, 0.15) is 52.2 Å². The highest BCUT2D eigenvalue weighted by Crippen LogP contribution is 2.57. The van der Waals surface area contributed by atoms with Gasteiger partial charge in [0.15, 0.2) is 0 Å². The van der Waals surface area contributed by atoms with Crippen molar-refractivity contribution >= 4 is 46.9 Å². The molecule has 6 rings (SSSR count). The molecule has 0 spiro atoms. The zero-order valence-electron chi connectivity index (χ0n) is 29.8. The van der Waals surface area contributed by atoms with Crippen molar-refractivity contribution in [2.45, 2.75) is 44.7 Å². The third-order valence-electron chi connectivity index (χ3n) is 9.60. The summed E-state index contributed by atoms with van der Waals surface area (Å²) >= 11 is 12.8. The summed E-state index contributed by atoms with van der Waals surface area (Å²) in [5.74, 6) is -0.182. The van der Waals surface area contributed by atoms with E-state index in [1.165, 1.54) is 0 Å². The van der Waals surface area contributed by atoms with E-state index >= 15 is 0 Å². The van der Waals surface area contributed by atoms with E-state index in [2.05, 4.69) is 10.4 Å². The van der Waals surface area contributed by atoms with Crippen LogP contribution >= 0.6 is 23.2 Å². The van der Waals surface area contributed by atoms with E-state index in [-0.39, 0.29) is 13.2 Å². The Morgan fingerprint density at radius 2 is 1.85 bits per heavy atom. The second-order valence-corrected chi connectivity index (χ2v) is 15.3. The molecule has 1 aliphatic heterocycles. The SMILES string of the molecule is Cc1c(Cl)cccc1OCCOC(=O)N1C[C@@H]2C[C@@H]2c2c(-c3cnn(Cc4cc(C(=O)N[C@@H](CCC[N+](C)(C)C)C(=O)O)ccc4Cl)c3)cccc21. The molecule has 3 atom stereocenters. The van der Waals surface area contributed by atoms with Crippen LogP contribution in [0.4, 0.5) is 10.5 Å². The number of anilines is 1. The maximum atomic E-state index is 13.3. The van der Waals surface area contributed by atoms with E-state index in [0.29, 0.717) is 69.2 Å². The number of amides is 2. The van der Waals surface area contributed by atoms with Crippen molar-refractivity contribution in [3.05, 3.63) is 99.3 Å². The number of fused-ring (bicyclic) bond motifs is 3. The summed E-state index contributed by atoms with van der Waals surface area (Å²) in [5, 5.41) is 18.1. The molecule has 1 aliphatic carbocycles. The quantitative estimate of drug-likeness (QED) is 0.105. The molecule has 52 heavy (non-hydrogen) atoms. The highest BCUT2D eigenvalue weighted by atomic mass is 35.5. The van der Waals surface area contributed by atoms with Crippen LogP contribution in [0.2, 0.25) is 10.0 Å². The van der Waals surface area contributed by atoms with Gasteiger partial charge in [-0.1, -0.05) is 41.4 Å². The molecule has 4 aromatic rings. The number of carboxylic acids is 1. The standard InChI is InChI=1S/C39H43Cl2N5O6/c1-24-31(40)9-6-12-35(24)51-16-17-52-39(50)45-23-26-19-30(26)36-29(8-5-11-34(36)45)28-20-42-44(22-28)21-27-18-25(13-14-32(27)41)37(47)43-33(38(48)49)10-7-15-46(2,3)4/h5-6,8-9,11-14,18,20,22,26,30,33H,7,10,15-17,19,21,23H2,1-4H3,(H-,43,47,48,49)/p+1/t26-,30-,33-/m0/s1. The number of aliphatic carboxylic acids is 1. The lowest BCUT2D eigenvalue weighted by Gasteiger charge is -2.29. The number of carbonyl (C=O) groups excluding carboxylic acids is 2. The van der Waals surface area contributed by atoms with E-state index in [4.69, 9.17) is 32.7 Å². The maximum Gasteiger partial charge on any atom is 0.414 e. The highest BCUT2D eigenvalue weighted by molar-refractivity contribution is 6.31. The van der Waals surface area contributed by atoms with Gasteiger partial charge in [-0.25, -0.2) is 9.59 Å². The maximum absolute atomic E-state index is 13.3. The Bertz CT molecular complexity index is 1970. The van der Waals surface area contributed by atoms with Gasteiger partial charge in [0, 0.05) is 39.5 Å². The molecule has 2 heterocycles. The number of hydrogen-bond acceptors (Lipinski definition) is 6. The molecule has 3 aromatic carbocycles. The van der Waals surface area contributed by atoms with Crippen LogP contribution in [-0.4, -0.2) is 90.8 Å². The van der Waals surface area contributed by atoms with Gasteiger partial charge in [-0.2, -0.15) is 5.10 Å². The summed E-state index contributed by atoms with van der Waals surface area (Å²) in [4.78, 5) is 40.1. The van der Waals surface area contributed by atoms with Gasteiger partial charge < -0.3 is 24.4 Å². The number of halogens is 2. The lowest BCUT2D eigenvalue weighted by atomic mass is 9.93. The van der Waals surface area contributed by atoms with Gasteiger partial charge in [-0.3, -0.25) is 14.4 Å². The third kappa shape index (κ3) is 8.71. The molecule has 2 aliphatic rings. The van der Waals surface area contributed by atoms with Crippen molar-refractivity contribution < 1.29 is 33.4 Å². The number of quaternary nitrogens is 1. The second-order valence-electron chi connectivity index (χ2n) is 14.5. The van der Waals surface area contributed by atoms with Crippen molar-refractivity contribution in [3.8, 4) is 16.9 Å². The number of carbonyl (C=O) groups is 3. The molecule has 2 N–H and O–H groups in total. The number of nitrogens with zero attached hydrogens (tertiary/aromatic N) is 4. The van der Waals surface area contributed by atoms with Crippen LogP contribution in [0.3, 0.4) is 0 Å². The first-order valence-corrected chi connectivity index (χ1v) is 18.1. The highest BCUT2D eigenvalue weighted by Gasteiger charge is 2.48. The summed E-state index contributed by atoms with van der Waals surface area (Å²) in [6.45, 7) is 3.86. The topological polar surface area (TPSA) is 123 Å². The molecular formula is C39H44Cl2N5O6+. The average molecular weight is 750 g/mol. The average Bonchev–Trinajstić information content (AvgIpc) is 3.75. The van der Waals surface area contributed by atoms with E-state index in [9.17, 15) is 19.5 Å². The van der Waals surface area contributed by atoms with Gasteiger partial charge in [-0.05, 0) is 91.1 Å². The Labute approximate surface area is 313 Å². The number of rotatable bonds is 14. The molecule has 0 bridgehead atoms. The van der Waals surface area contributed by atoms with Crippen LogP contribution in [0.25, 0.3) is 11.1 Å². The van der Waals surface area contributed by atoms with Crippen LogP contribution in [-0.2, 0) is 16.1 Å². The van der Waals surface area contributed by atoms with Crippen molar-refractivity contribution in [2.24, 2.45) is 5.92 Å². The van der Waals surface area contributed by atoms with Crippen LogP contribution in [0, 0.1) is 12.8 Å². The Kier molecular flexibility index (Phi) is 11.1. The normalized spacial score (nSPS) is 16.8. The molecular weight excluding hydrogens is 705 g/mol. The molecule has 0 saturated heterocycles. The largest absolute Gasteiger partial charge is 0.490 e. The van der Waals surface area contributed by atoms with Crippen LogP contribution in [0.15, 0.2) is 67.0 Å². The molecule has 0 radical (unpaired) electrons. The number of benzene rings is 3. The predicted octanol–water partition coefficient (Wildman–Crippen LogP) is 7.02. The van der Waals surface area contributed by atoms with Crippen molar-refractivity contribution in [3.63, 3.8) is 0 Å². The van der Waals surface area contributed by atoms with E-state index < -0.39 is 24.0 Å². The minimum absolute atomic E-state index is 0.0968. The number of ether oxygens (including phenoxy) is 2. The number of nitrogens with one attached hydrogen (secondary N) is 1. The third-order valence-corrected chi connectivity index (χ3v) is 10.4. The summed E-state index contributed by atoms with van der Waals surface area (Å²) in [7, 11) is 6.12. The molecule has 1 aromatic heterocycles. The van der Waals surface area contributed by atoms with Gasteiger partial charge in [0.2, 0.25) is 0 Å². The molecule has 2 amide bonds. The Morgan fingerprint density at radius 1 is 1.06 bits per heavy atom. The molecule has 274 valence electrons. The van der Waals surface area contributed by atoms with E-state index in [1.807, 2.05) is 64.6 Å². The Morgan fingerprint density at radius 3 is 2.62 bits per heavy atom. The van der Waals surface area contributed by atoms with Crippen molar-refractivity contribution in [1.29, 1.82) is 0 Å². The molecule has 1 saturated carbocycles. The zero-order chi connectivity index (χ0) is 37.2. The molecule has 13 heteroatoms. The van der Waals surface area contributed by atoms with Crippen LogP contribution < -0.4 is 15.0 Å². The predicted molar refractivity (Wildman–Crippen MR) is 200 cm³/mol. The molecule has 1 fully saturated rings. The monoisotopic (exact) mass is 748 g/mol. The fourth-order valence-corrected chi connectivity index (χ4v) is 7.05. The fourth-order valence-electron chi connectivity index (χ4n) is 6.71. The Balaban J connectivity index is 1.12. The van der Waals surface area contributed by atoms with Gasteiger partial charge >= 0.3 is 12.1 Å². The van der Waals surface area contributed by atoms with Crippen molar-refractivity contribution in [1.82, 2.24) is 15.1 Å². The minimum atomic E-state index is -1.07. The summed E-state index contributed by atoms with van der Waals surface area (Å²) in [5.41, 5.74) is 5.65.